The summed E-state index contributed by atoms with van der Waals surface area (Å²) in [5.74, 6) is 1.29. The maximum absolute atomic E-state index is 6.17. The molecule has 0 saturated heterocycles. The quantitative estimate of drug-likeness (QED) is 0.856. The Hall–Kier alpha value is -1.09. The first-order valence-electron chi connectivity index (χ1n) is 6.28. The van der Waals surface area contributed by atoms with Crippen LogP contribution in [0, 0.1) is 5.41 Å². The topological polar surface area (TPSA) is 48.1 Å². The Morgan fingerprint density at radius 3 is 2.82 bits per heavy atom. The normalized spacial score (nSPS) is 27.8. The average Bonchev–Trinajstić information content (AvgIpc) is 2.32. The summed E-state index contributed by atoms with van der Waals surface area (Å²) in [6.45, 7) is 4.53. The second-order valence-corrected chi connectivity index (χ2v) is 5.71. The van der Waals surface area contributed by atoms with Crippen molar-refractivity contribution in [1.82, 2.24) is 4.98 Å². The van der Waals surface area contributed by atoms with Crippen molar-refractivity contribution in [2.45, 2.75) is 45.1 Å². The van der Waals surface area contributed by atoms with Gasteiger partial charge in [0, 0.05) is 18.3 Å². The molecule has 2 rings (SSSR count). The van der Waals surface area contributed by atoms with Crippen LogP contribution in [-0.2, 0) is 0 Å². The highest BCUT2D eigenvalue weighted by Crippen LogP contribution is 2.42. The Labute approximate surface area is 103 Å². The van der Waals surface area contributed by atoms with Gasteiger partial charge in [-0.15, -0.1) is 0 Å². The van der Waals surface area contributed by atoms with Gasteiger partial charge in [0.1, 0.15) is 0 Å². The number of pyridine rings is 1. The van der Waals surface area contributed by atoms with Crippen LogP contribution < -0.4 is 10.5 Å². The van der Waals surface area contributed by atoms with Gasteiger partial charge in [0.25, 0.3) is 0 Å². The van der Waals surface area contributed by atoms with E-state index in [1.165, 1.54) is 5.56 Å². The first-order valence-corrected chi connectivity index (χ1v) is 6.28. The van der Waals surface area contributed by atoms with Crippen molar-refractivity contribution >= 4 is 0 Å². The Kier molecular flexibility index (Phi) is 3.38. The van der Waals surface area contributed by atoms with Gasteiger partial charge in [0.05, 0.1) is 7.11 Å². The van der Waals surface area contributed by atoms with Gasteiger partial charge in [-0.1, -0.05) is 13.8 Å². The Bertz CT molecular complexity index is 390. The predicted molar refractivity (Wildman–Crippen MR) is 69.1 cm³/mol. The summed E-state index contributed by atoms with van der Waals surface area (Å²) >= 11 is 0. The molecule has 1 aliphatic rings. The van der Waals surface area contributed by atoms with E-state index in [9.17, 15) is 0 Å². The number of nitrogens with two attached hydrogens (primary N) is 1. The van der Waals surface area contributed by atoms with Gasteiger partial charge in [0.2, 0.25) is 5.88 Å². The summed E-state index contributed by atoms with van der Waals surface area (Å²) in [6, 6.07) is 4.47. The van der Waals surface area contributed by atoms with E-state index in [0.29, 0.717) is 17.8 Å². The molecular formula is C14H22N2O. The second kappa shape index (κ2) is 4.65. The number of aromatic nitrogens is 1. The third kappa shape index (κ3) is 2.60. The summed E-state index contributed by atoms with van der Waals surface area (Å²) in [7, 11) is 1.66. The Balaban J connectivity index is 2.17. The molecule has 0 amide bonds. The Morgan fingerprint density at radius 2 is 2.18 bits per heavy atom. The first-order chi connectivity index (χ1) is 8.03. The van der Waals surface area contributed by atoms with E-state index < -0.39 is 0 Å². The van der Waals surface area contributed by atoms with E-state index in [1.807, 2.05) is 6.20 Å². The number of methoxy groups -OCH3 is 1. The van der Waals surface area contributed by atoms with Gasteiger partial charge < -0.3 is 10.5 Å². The summed E-state index contributed by atoms with van der Waals surface area (Å²) in [6.07, 6.45) is 5.23. The molecule has 0 spiro atoms. The number of ether oxygens (including phenoxy) is 1. The minimum atomic E-state index is 0.222. The van der Waals surface area contributed by atoms with Crippen molar-refractivity contribution in [1.29, 1.82) is 0 Å². The van der Waals surface area contributed by atoms with Crippen LogP contribution in [0.4, 0.5) is 0 Å². The monoisotopic (exact) mass is 234 g/mol. The van der Waals surface area contributed by atoms with Crippen molar-refractivity contribution in [3.63, 3.8) is 0 Å². The van der Waals surface area contributed by atoms with E-state index in [-0.39, 0.29) is 5.41 Å². The molecule has 1 fully saturated rings. The van der Waals surface area contributed by atoms with Crippen molar-refractivity contribution < 1.29 is 4.74 Å². The largest absolute Gasteiger partial charge is 0.481 e. The standard InChI is InChI=1S/C14H22N2O/c1-14(2)9-11(4-5-12(14)15)10-6-7-16-13(8-10)17-3/h6-8,11-12H,4-5,9,15H2,1-3H3. The smallest absolute Gasteiger partial charge is 0.213 e. The molecule has 2 N–H and O–H groups in total. The number of nitrogens with zero attached hydrogens (tertiary/aromatic N) is 1. The molecule has 3 heteroatoms. The zero-order valence-corrected chi connectivity index (χ0v) is 10.9. The van der Waals surface area contributed by atoms with Crippen LogP contribution in [0.1, 0.15) is 44.6 Å². The fourth-order valence-electron chi connectivity index (χ4n) is 2.73. The van der Waals surface area contributed by atoms with Gasteiger partial charge in [-0.2, -0.15) is 0 Å². The molecule has 0 radical (unpaired) electrons. The number of hydrogen-bond donors (Lipinski definition) is 1. The van der Waals surface area contributed by atoms with Gasteiger partial charge >= 0.3 is 0 Å². The van der Waals surface area contributed by atoms with Gasteiger partial charge in [-0.05, 0) is 42.2 Å². The Morgan fingerprint density at radius 1 is 1.41 bits per heavy atom. The minimum absolute atomic E-state index is 0.222. The molecule has 1 aromatic heterocycles. The van der Waals surface area contributed by atoms with Crippen LogP contribution in [0.15, 0.2) is 18.3 Å². The average molecular weight is 234 g/mol. The zero-order chi connectivity index (χ0) is 12.5. The molecule has 1 aliphatic carbocycles. The number of rotatable bonds is 2. The highest BCUT2D eigenvalue weighted by Gasteiger charge is 2.35. The molecule has 0 aliphatic heterocycles. The summed E-state index contributed by atoms with van der Waals surface area (Å²) < 4.78 is 5.18. The second-order valence-electron chi connectivity index (χ2n) is 5.71. The fourth-order valence-corrected chi connectivity index (χ4v) is 2.73. The van der Waals surface area contributed by atoms with Crippen LogP contribution in [0.2, 0.25) is 0 Å². The van der Waals surface area contributed by atoms with E-state index >= 15 is 0 Å². The van der Waals surface area contributed by atoms with Crippen molar-refractivity contribution in [3.05, 3.63) is 23.9 Å². The van der Waals surface area contributed by atoms with Gasteiger partial charge in [-0.3, -0.25) is 0 Å². The molecule has 94 valence electrons. The third-order valence-electron chi connectivity index (χ3n) is 4.04. The van der Waals surface area contributed by atoms with E-state index in [2.05, 4.69) is 31.0 Å². The SMILES string of the molecule is COc1cc(C2CCC(N)C(C)(C)C2)ccn1. The molecule has 0 bridgehead atoms. The molecule has 1 saturated carbocycles. The van der Waals surface area contributed by atoms with Crippen LogP contribution >= 0.6 is 0 Å². The lowest BCUT2D eigenvalue weighted by atomic mass is 9.67. The maximum atomic E-state index is 6.17. The molecule has 17 heavy (non-hydrogen) atoms. The first kappa shape index (κ1) is 12.4. The lowest BCUT2D eigenvalue weighted by Gasteiger charge is -2.40. The van der Waals surface area contributed by atoms with Crippen LogP contribution in [-0.4, -0.2) is 18.1 Å². The van der Waals surface area contributed by atoms with Crippen LogP contribution in [0.25, 0.3) is 0 Å². The summed E-state index contributed by atoms with van der Waals surface area (Å²) in [4.78, 5) is 4.16. The van der Waals surface area contributed by atoms with E-state index in [0.717, 1.165) is 19.3 Å². The van der Waals surface area contributed by atoms with E-state index in [1.54, 1.807) is 7.11 Å². The lowest BCUT2D eigenvalue weighted by Crippen LogP contribution is -2.42. The molecule has 2 atom stereocenters. The molecule has 3 nitrogen and oxygen atoms in total. The predicted octanol–water partition coefficient (Wildman–Crippen LogP) is 2.71. The minimum Gasteiger partial charge on any atom is -0.481 e. The summed E-state index contributed by atoms with van der Waals surface area (Å²) in [5.41, 5.74) is 7.72. The highest BCUT2D eigenvalue weighted by molar-refractivity contribution is 5.25. The van der Waals surface area contributed by atoms with Crippen molar-refractivity contribution in [3.8, 4) is 5.88 Å². The van der Waals surface area contributed by atoms with Crippen molar-refractivity contribution in [2.75, 3.05) is 7.11 Å². The lowest BCUT2D eigenvalue weighted by molar-refractivity contribution is 0.181. The fraction of sp³-hybridized carbons (Fsp3) is 0.643. The molecule has 0 aromatic carbocycles. The van der Waals surface area contributed by atoms with E-state index in [4.69, 9.17) is 10.5 Å². The molecule has 1 heterocycles. The zero-order valence-electron chi connectivity index (χ0n) is 10.9. The molecular weight excluding hydrogens is 212 g/mol. The van der Waals surface area contributed by atoms with Crippen LogP contribution in [0.3, 0.4) is 0 Å². The van der Waals surface area contributed by atoms with Crippen molar-refractivity contribution in [2.24, 2.45) is 11.1 Å². The summed E-state index contributed by atoms with van der Waals surface area (Å²) in [5, 5.41) is 0. The van der Waals surface area contributed by atoms with Crippen LogP contribution in [0.5, 0.6) is 5.88 Å². The maximum Gasteiger partial charge on any atom is 0.213 e. The highest BCUT2D eigenvalue weighted by atomic mass is 16.5. The molecule has 2 unspecified atom stereocenters. The number of hydrogen-bond acceptors (Lipinski definition) is 3. The third-order valence-corrected chi connectivity index (χ3v) is 4.04. The van der Waals surface area contributed by atoms with Gasteiger partial charge in [0.15, 0.2) is 0 Å². The molecule has 1 aromatic rings. The van der Waals surface area contributed by atoms with Gasteiger partial charge in [-0.25, -0.2) is 4.98 Å².